The van der Waals surface area contributed by atoms with Crippen molar-refractivity contribution < 1.29 is 14.3 Å². The lowest BCUT2D eigenvalue weighted by Gasteiger charge is -2.24. The molecule has 2 fully saturated rings. The molecule has 114 valence electrons. The van der Waals surface area contributed by atoms with Gasteiger partial charge in [0.15, 0.2) is 17.3 Å². The molecule has 1 heterocycles. The molecular weight excluding hydrogens is 269 g/mol. The van der Waals surface area contributed by atoms with Gasteiger partial charge in [0.05, 0.1) is 6.04 Å². The lowest BCUT2D eigenvalue weighted by Crippen LogP contribution is -2.38. The maximum atomic E-state index is 13.4. The third-order valence-electron chi connectivity index (χ3n) is 5.17. The summed E-state index contributed by atoms with van der Waals surface area (Å²) in [7, 11) is 0. The van der Waals surface area contributed by atoms with Crippen LogP contribution < -0.4 is 0 Å². The van der Waals surface area contributed by atoms with Gasteiger partial charge in [-0.3, -0.25) is 9.69 Å². The van der Waals surface area contributed by atoms with Gasteiger partial charge in [0.2, 0.25) is 0 Å². The molecule has 2 unspecified atom stereocenters. The first-order valence-corrected chi connectivity index (χ1v) is 7.72. The highest BCUT2D eigenvalue weighted by molar-refractivity contribution is 6.00. The molecule has 0 amide bonds. The molecule has 0 aromatic heterocycles. The van der Waals surface area contributed by atoms with Crippen molar-refractivity contribution in [3.63, 3.8) is 0 Å². The van der Waals surface area contributed by atoms with Crippen LogP contribution in [-0.4, -0.2) is 34.9 Å². The molecule has 1 aromatic rings. The number of likely N-dealkylation sites (tertiary alicyclic amines) is 1. The van der Waals surface area contributed by atoms with Crippen LogP contribution in [0.1, 0.15) is 37.0 Å². The molecular formula is C17H22FNO2. The zero-order valence-corrected chi connectivity index (χ0v) is 12.6. The van der Waals surface area contributed by atoms with E-state index in [-0.39, 0.29) is 11.8 Å². The maximum absolute atomic E-state index is 13.4. The summed E-state index contributed by atoms with van der Waals surface area (Å²) in [4.78, 5) is 14.7. The SMILES string of the molecule is CC1C[C@@H]2CN(C(C)C(=O)c3ccc(O)c(F)c3)C[C@@H]2C1. The molecule has 1 saturated carbocycles. The number of carbonyl (C=O) groups is 1. The van der Waals surface area contributed by atoms with Gasteiger partial charge in [-0.2, -0.15) is 0 Å². The number of fused-ring (bicyclic) bond motifs is 1. The fourth-order valence-corrected chi connectivity index (χ4v) is 4.02. The van der Waals surface area contributed by atoms with Crippen LogP contribution >= 0.6 is 0 Å². The third kappa shape index (κ3) is 2.69. The van der Waals surface area contributed by atoms with Gasteiger partial charge >= 0.3 is 0 Å². The van der Waals surface area contributed by atoms with Gasteiger partial charge in [0.1, 0.15) is 0 Å². The van der Waals surface area contributed by atoms with E-state index in [0.29, 0.717) is 17.4 Å². The van der Waals surface area contributed by atoms with Crippen molar-refractivity contribution in [2.24, 2.45) is 17.8 Å². The Morgan fingerprint density at radius 2 is 1.95 bits per heavy atom. The lowest BCUT2D eigenvalue weighted by molar-refractivity contribution is 0.0856. The Labute approximate surface area is 124 Å². The molecule has 0 radical (unpaired) electrons. The molecule has 1 aromatic carbocycles. The number of carbonyl (C=O) groups excluding carboxylic acids is 1. The second-order valence-corrected chi connectivity index (χ2v) is 6.76. The number of Topliss-reactive ketones (excluding diaryl/α,β-unsaturated/α-hetero) is 1. The molecule has 4 heteroatoms. The predicted octanol–water partition coefficient (Wildman–Crippen LogP) is 3.08. The molecule has 0 bridgehead atoms. The maximum Gasteiger partial charge on any atom is 0.179 e. The third-order valence-corrected chi connectivity index (χ3v) is 5.17. The Bertz CT molecular complexity index is 546. The van der Waals surface area contributed by atoms with Gasteiger partial charge in [0, 0.05) is 18.7 Å². The Morgan fingerprint density at radius 1 is 1.33 bits per heavy atom. The topological polar surface area (TPSA) is 40.5 Å². The van der Waals surface area contributed by atoms with Crippen LogP contribution in [0.25, 0.3) is 0 Å². The van der Waals surface area contributed by atoms with E-state index < -0.39 is 11.6 Å². The van der Waals surface area contributed by atoms with E-state index in [1.165, 1.54) is 25.0 Å². The highest BCUT2D eigenvalue weighted by Crippen LogP contribution is 2.41. The van der Waals surface area contributed by atoms with Crippen LogP contribution in [0.5, 0.6) is 5.75 Å². The zero-order valence-electron chi connectivity index (χ0n) is 12.6. The molecule has 3 rings (SSSR count). The number of phenols is 1. The van der Waals surface area contributed by atoms with Crippen LogP contribution in [0, 0.1) is 23.6 Å². The molecule has 3 nitrogen and oxygen atoms in total. The summed E-state index contributed by atoms with van der Waals surface area (Å²) in [6.45, 7) is 6.15. The number of aromatic hydroxyl groups is 1. The molecule has 1 aliphatic heterocycles. The Kier molecular flexibility index (Phi) is 3.74. The normalized spacial score (nSPS) is 30.3. The van der Waals surface area contributed by atoms with Crippen molar-refractivity contribution >= 4 is 5.78 Å². The van der Waals surface area contributed by atoms with Crippen molar-refractivity contribution in [1.82, 2.24) is 4.90 Å². The monoisotopic (exact) mass is 291 g/mol. The minimum atomic E-state index is -0.736. The number of nitrogens with zero attached hydrogens (tertiary/aromatic N) is 1. The van der Waals surface area contributed by atoms with Gasteiger partial charge in [-0.1, -0.05) is 6.92 Å². The number of hydrogen-bond acceptors (Lipinski definition) is 3. The summed E-state index contributed by atoms with van der Waals surface area (Å²) in [5, 5.41) is 9.21. The van der Waals surface area contributed by atoms with E-state index in [9.17, 15) is 14.3 Å². The van der Waals surface area contributed by atoms with Crippen LogP contribution in [0.2, 0.25) is 0 Å². The summed E-state index contributed by atoms with van der Waals surface area (Å²) < 4.78 is 13.4. The summed E-state index contributed by atoms with van der Waals surface area (Å²) in [6.07, 6.45) is 2.52. The highest BCUT2D eigenvalue weighted by Gasteiger charge is 2.41. The van der Waals surface area contributed by atoms with Gasteiger partial charge < -0.3 is 5.11 Å². The van der Waals surface area contributed by atoms with Crippen molar-refractivity contribution in [3.8, 4) is 5.75 Å². The van der Waals surface area contributed by atoms with Gasteiger partial charge in [-0.05, 0) is 55.7 Å². The van der Waals surface area contributed by atoms with E-state index in [4.69, 9.17) is 0 Å². The van der Waals surface area contributed by atoms with Gasteiger partial charge in [0.25, 0.3) is 0 Å². The van der Waals surface area contributed by atoms with E-state index in [0.717, 1.165) is 25.1 Å². The standard InChI is InChI=1S/C17H22FNO2/c1-10-5-13-8-19(9-14(13)6-10)11(2)17(21)12-3-4-16(20)15(18)7-12/h3-4,7,10-11,13-14,20H,5-6,8-9H2,1-2H3/t10?,11?,13-,14+. The molecule has 2 aliphatic rings. The Balaban J connectivity index is 1.69. The number of hydrogen-bond donors (Lipinski definition) is 1. The predicted molar refractivity (Wildman–Crippen MR) is 78.8 cm³/mol. The average molecular weight is 291 g/mol. The first kappa shape index (κ1) is 14.5. The van der Waals surface area contributed by atoms with Crippen molar-refractivity contribution in [3.05, 3.63) is 29.6 Å². The van der Waals surface area contributed by atoms with E-state index in [1.807, 2.05) is 6.92 Å². The minimum absolute atomic E-state index is 0.0677. The number of halogens is 1. The number of phenolic OH excluding ortho intramolecular Hbond substituents is 1. The molecule has 0 spiro atoms. The summed E-state index contributed by atoms with van der Waals surface area (Å²) >= 11 is 0. The largest absolute Gasteiger partial charge is 0.505 e. The highest BCUT2D eigenvalue weighted by atomic mass is 19.1. The quantitative estimate of drug-likeness (QED) is 0.870. The van der Waals surface area contributed by atoms with Crippen LogP contribution in [0.4, 0.5) is 4.39 Å². The summed E-state index contributed by atoms with van der Waals surface area (Å²) in [5.74, 6) is 1.02. The molecule has 1 saturated heterocycles. The molecule has 21 heavy (non-hydrogen) atoms. The Hall–Kier alpha value is -1.42. The molecule has 1 N–H and O–H groups in total. The summed E-state index contributed by atoms with van der Waals surface area (Å²) in [6, 6.07) is 3.65. The van der Waals surface area contributed by atoms with E-state index in [1.54, 1.807) is 0 Å². The van der Waals surface area contributed by atoms with Crippen LogP contribution in [0.15, 0.2) is 18.2 Å². The first-order chi connectivity index (χ1) is 9.95. The van der Waals surface area contributed by atoms with Crippen LogP contribution in [0.3, 0.4) is 0 Å². The van der Waals surface area contributed by atoms with Crippen molar-refractivity contribution in [2.45, 2.75) is 32.7 Å². The number of ketones is 1. The second-order valence-electron chi connectivity index (χ2n) is 6.76. The van der Waals surface area contributed by atoms with E-state index in [2.05, 4.69) is 11.8 Å². The smallest absolute Gasteiger partial charge is 0.179 e. The number of rotatable bonds is 3. The minimum Gasteiger partial charge on any atom is -0.505 e. The first-order valence-electron chi connectivity index (χ1n) is 7.72. The average Bonchev–Trinajstić information content (AvgIpc) is 2.97. The molecule has 1 aliphatic carbocycles. The fraction of sp³-hybridized carbons (Fsp3) is 0.588. The summed E-state index contributed by atoms with van der Waals surface area (Å²) in [5.41, 5.74) is 0.336. The van der Waals surface area contributed by atoms with Gasteiger partial charge in [-0.25, -0.2) is 4.39 Å². The van der Waals surface area contributed by atoms with Crippen molar-refractivity contribution in [1.29, 1.82) is 0 Å². The molecule has 4 atom stereocenters. The fourth-order valence-electron chi connectivity index (χ4n) is 4.02. The Morgan fingerprint density at radius 3 is 2.52 bits per heavy atom. The van der Waals surface area contributed by atoms with Crippen molar-refractivity contribution in [2.75, 3.05) is 13.1 Å². The second kappa shape index (κ2) is 5.41. The number of benzene rings is 1. The lowest BCUT2D eigenvalue weighted by atomic mass is 10.0. The van der Waals surface area contributed by atoms with Gasteiger partial charge in [-0.15, -0.1) is 0 Å². The van der Waals surface area contributed by atoms with E-state index >= 15 is 0 Å². The zero-order chi connectivity index (χ0) is 15.1. The van der Waals surface area contributed by atoms with Crippen LogP contribution in [-0.2, 0) is 0 Å².